The average Bonchev–Trinajstić information content (AvgIpc) is 3.75. The molecule has 0 radical (unpaired) electrons. The monoisotopic (exact) mass is 511 g/mol. The van der Waals surface area contributed by atoms with Gasteiger partial charge in [0.1, 0.15) is 11.4 Å². The minimum absolute atomic E-state index is 0.206. The molecule has 3 heterocycles. The number of nitrogens with one attached hydrogen (secondary N) is 1. The Hall–Kier alpha value is -3.55. The van der Waals surface area contributed by atoms with Crippen LogP contribution in [0.2, 0.25) is 0 Å². The van der Waals surface area contributed by atoms with Crippen molar-refractivity contribution in [1.82, 2.24) is 25.5 Å². The van der Waals surface area contributed by atoms with Crippen LogP contribution < -0.4 is 4.90 Å². The van der Waals surface area contributed by atoms with Gasteiger partial charge in [-0.05, 0) is 71.7 Å². The van der Waals surface area contributed by atoms with Crippen LogP contribution in [-0.2, 0) is 11.3 Å². The minimum Gasteiger partial charge on any atom is -0.371 e. The number of rotatable bonds is 8. The van der Waals surface area contributed by atoms with E-state index in [1.807, 2.05) is 4.90 Å². The molecule has 1 aromatic heterocycles. The summed E-state index contributed by atoms with van der Waals surface area (Å²) in [6, 6.07) is 15.1. The summed E-state index contributed by atoms with van der Waals surface area (Å²) in [4.78, 5) is 23.0. The summed E-state index contributed by atoms with van der Waals surface area (Å²) in [5.41, 5.74) is 4.99. The van der Waals surface area contributed by atoms with Crippen molar-refractivity contribution in [2.75, 3.05) is 18.0 Å². The molecule has 2 aromatic carbocycles. The largest absolute Gasteiger partial charge is 0.371 e. The van der Waals surface area contributed by atoms with E-state index in [0.29, 0.717) is 18.3 Å². The molecule has 2 fully saturated rings. The molecule has 1 atom stereocenters. The number of tetrazole rings is 1. The van der Waals surface area contributed by atoms with Crippen LogP contribution in [0, 0.1) is 5.92 Å². The zero-order valence-corrected chi connectivity index (χ0v) is 22.5. The highest BCUT2D eigenvalue weighted by Gasteiger charge is 2.49. The van der Waals surface area contributed by atoms with E-state index in [0.717, 1.165) is 86.1 Å². The number of hydrogen-bond donors (Lipinski definition) is 1. The molecule has 1 unspecified atom stereocenters. The predicted molar refractivity (Wildman–Crippen MR) is 150 cm³/mol. The number of aliphatic imine (C=N–C) groups is 1. The second-order valence-electron chi connectivity index (χ2n) is 11.3. The first-order valence-corrected chi connectivity index (χ1v) is 14.2. The maximum absolute atomic E-state index is 13.5. The second kappa shape index (κ2) is 10.3. The number of H-pyrrole nitrogens is 1. The lowest BCUT2D eigenvalue weighted by molar-refractivity contribution is -0.131. The fourth-order valence-corrected chi connectivity index (χ4v) is 6.28. The van der Waals surface area contributed by atoms with Crippen LogP contribution in [-0.4, -0.2) is 55.9 Å². The first kappa shape index (κ1) is 24.8. The van der Waals surface area contributed by atoms with Gasteiger partial charge in [-0.15, -0.1) is 10.2 Å². The Labute approximate surface area is 224 Å². The maximum Gasteiger partial charge on any atom is 0.256 e. The number of aromatic amines is 1. The molecule has 8 heteroatoms. The van der Waals surface area contributed by atoms with Gasteiger partial charge in [-0.2, -0.15) is 5.21 Å². The number of carbonyl (C=O) groups is 1. The predicted octanol–water partition coefficient (Wildman–Crippen LogP) is 5.62. The van der Waals surface area contributed by atoms with Gasteiger partial charge in [0, 0.05) is 30.8 Å². The van der Waals surface area contributed by atoms with Crippen molar-refractivity contribution >= 4 is 17.4 Å². The SMILES string of the molecule is CCCCC1=NC2(CCCC2)C(=O)N1Cc1ccc(-c2cc(N3CCC(C)C3)ccc2-c2nn[nH]n2)cc1. The highest BCUT2D eigenvalue weighted by Crippen LogP contribution is 2.40. The third-order valence-corrected chi connectivity index (χ3v) is 8.47. The Kier molecular flexibility index (Phi) is 6.72. The number of amidine groups is 1. The van der Waals surface area contributed by atoms with Crippen LogP contribution in [0.15, 0.2) is 47.5 Å². The Bertz CT molecular complexity index is 1310. The molecule has 1 amide bonds. The molecular formula is C30H37N7O. The molecule has 0 bridgehead atoms. The highest BCUT2D eigenvalue weighted by molar-refractivity contribution is 6.08. The van der Waals surface area contributed by atoms with Gasteiger partial charge < -0.3 is 4.90 Å². The van der Waals surface area contributed by atoms with Gasteiger partial charge in [0.15, 0.2) is 0 Å². The van der Waals surface area contributed by atoms with Gasteiger partial charge in [0.2, 0.25) is 5.82 Å². The summed E-state index contributed by atoms with van der Waals surface area (Å²) in [6.45, 7) is 7.23. The van der Waals surface area contributed by atoms with E-state index in [9.17, 15) is 4.79 Å². The van der Waals surface area contributed by atoms with Crippen molar-refractivity contribution in [3.63, 3.8) is 0 Å². The zero-order valence-electron chi connectivity index (χ0n) is 22.5. The van der Waals surface area contributed by atoms with Crippen LogP contribution in [0.1, 0.15) is 70.8 Å². The number of anilines is 1. The van der Waals surface area contributed by atoms with Gasteiger partial charge >= 0.3 is 0 Å². The number of unbranched alkanes of at least 4 members (excludes halogenated alkanes) is 1. The highest BCUT2D eigenvalue weighted by atomic mass is 16.2. The first-order valence-electron chi connectivity index (χ1n) is 14.2. The number of nitrogens with zero attached hydrogens (tertiary/aromatic N) is 6. The second-order valence-corrected chi connectivity index (χ2v) is 11.3. The van der Waals surface area contributed by atoms with E-state index < -0.39 is 5.54 Å². The third-order valence-electron chi connectivity index (χ3n) is 8.47. The molecule has 3 aliphatic rings. The Balaban J connectivity index is 1.28. The van der Waals surface area contributed by atoms with Gasteiger partial charge in [-0.3, -0.25) is 14.7 Å². The number of benzene rings is 2. The van der Waals surface area contributed by atoms with Crippen molar-refractivity contribution in [2.45, 2.75) is 77.3 Å². The van der Waals surface area contributed by atoms with Crippen molar-refractivity contribution in [2.24, 2.45) is 10.9 Å². The van der Waals surface area contributed by atoms with E-state index in [1.54, 1.807) is 0 Å². The fraction of sp³-hybridized carbons (Fsp3) is 0.500. The lowest BCUT2D eigenvalue weighted by Gasteiger charge is -2.23. The summed E-state index contributed by atoms with van der Waals surface area (Å²) < 4.78 is 0. The number of amides is 1. The van der Waals surface area contributed by atoms with Crippen molar-refractivity contribution in [3.05, 3.63) is 48.0 Å². The lowest BCUT2D eigenvalue weighted by atomic mass is 9.96. The summed E-state index contributed by atoms with van der Waals surface area (Å²) in [5, 5.41) is 14.9. The molecule has 8 nitrogen and oxygen atoms in total. The Morgan fingerprint density at radius 2 is 1.89 bits per heavy atom. The molecule has 1 saturated carbocycles. The molecule has 38 heavy (non-hydrogen) atoms. The van der Waals surface area contributed by atoms with Gasteiger partial charge in [0.25, 0.3) is 5.91 Å². The van der Waals surface area contributed by atoms with Crippen LogP contribution in [0.5, 0.6) is 0 Å². The summed E-state index contributed by atoms with van der Waals surface area (Å²) in [6.07, 6.45) is 8.22. The molecule has 2 aliphatic heterocycles. The average molecular weight is 512 g/mol. The number of carbonyl (C=O) groups excluding carboxylic acids is 1. The van der Waals surface area contributed by atoms with E-state index in [-0.39, 0.29) is 5.91 Å². The molecule has 1 aliphatic carbocycles. The smallest absolute Gasteiger partial charge is 0.256 e. The van der Waals surface area contributed by atoms with Crippen LogP contribution in [0.3, 0.4) is 0 Å². The maximum atomic E-state index is 13.5. The topological polar surface area (TPSA) is 90.4 Å². The summed E-state index contributed by atoms with van der Waals surface area (Å²) >= 11 is 0. The molecule has 3 aromatic rings. The number of hydrogen-bond acceptors (Lipinski definition) is 6. The third kappa shape index (κ3) is 4.61. The quantitative estimate of drug-likeness (QED) is 0.424. The molecule has 198 valence electrons. The zero-order chi connectivity index (χ0) is 26.1. The summed E-state index contributed by atoms with van der Waals surface area (Å²) in [5.74, 6) is 2.48. The van der Waals surface area contributed by atoms with E-state index in [2.05, 4.69) is 81.8 Å². The van der Waals surface area contributed by atoms with Crippen molar-refractivity contribution in [1.29, 1.82) is 0 Å². The molecule has 1 N–H and O–H groups in total. The van der Waals surface area contributed by atoms with Gasteiger partial charge in [-0.25, -0.2) is 0 Å². The van der Waals surface area contributed by atoms with Crippen molar-refractivity contribution in [3.8, 4) is 22.5 Å². The van der Waals surface area contributed by atoms with E-state index >= 15 is 0 Å². The molecular weight excluding hydrogens is 474 g/mol. The standard InChI is InChI=1S/C30H37N7O/c1-3-4-7-27-31-30(15-5-6-16-30)29(38)37(27)20-22-8-10-23(11-9-22)26-18-24(36-17-14-21(2)19-36)12-13-25(26)28-32-34-35-33-28/h8-13,18,21H,3-7,14-17,19-20H2,1-2H3,(H,32,33,34,35). The first-order chi connectivity index (χ1) is 18.6. The Morgan fingerprint density at radius 1 is 1.08 bits per heavy atom. The van der Waals surface area contributed by atoms with Gasteiger partial charge in [0.05, 0.1) is 6.54 Å². The Morgan fingerprint density at radius 3 is 2.58 bits per heavy atom. The van der Waals surface area contributed by atoms with E-state index in [1.165, 1.54) is 12.1 Å². The summed E-state index contributed by atoms with van der Waals surface area (Å²) in [7, 11) is 0. The molecule has 1 spiro atoms. The molecule has 1 saturated heterocycles. The van der Waals surface area contributed by atoms with Crippen LogP contribution in [0.25, 0.3) is 22.5 Å². The normalized spacial score (nSPS) is 20.6. The molecule has 6 rings (SSSR count). The fourth-order valence-electron chi connectivity index (χ4n) is 6.28. The number of aromatic nitrogens is 4. The minimum atomic E-state index is -0.490. The van der Waals surface area contributed by atoms with E-state index in [4.69, 9.17) is 4.99 Å². The van der Waals surface area contributed by atoms with Gasteiger partial charge in [-0.1, -0.05) is 57.4 Å². The van der Waals surface area contributed by atoms with Crippen molar-refractivity contribution < 1.29 is 4.79 Å². The van der Waals surface area contributed by atoms with Crippen LogP contribution in [0.4, 0.5) is 5.69 Å². The van der Waals surface area contributed by atoms with Crippen LogP contribution >= 0.6 is 0 Å². The lowest BCUT2D eigenvalue weighted by Crippen LogP contribution is -2.40.